The Morgan fingerprint density at radius 2 is 2.42 bits per heavy atom. The first-order valence-electron chi connectivity index (χ1n) is 5.07. The summed E-state index contributed by atoms with van der Waals surface area (Å²) >= 11 is 0. The van der Waals surface area contributed by atoms with Crippen LogP contribution >= 0.6 is 0 Å². The SMILES string of the molecule is CCC1CC1(O)C1CCCOC1. The third-order valence-corrected chi connectivity index (χ3v) is 3.48. The minimum atomic E-state index is -0.338. The second kappa shape index (κ2) is 3.00. The average molecular weight is 170 g/mol. The zero-order valence-corrected chi connectivity index (χ0v) is 7.75. The Hall–Kier alpha value is -0.0800. The molecule has 2 aliphatic rings. The van der Waals surface area contributed by atoms with E-state index in [9.17, 15) is 5.11 Å². The zero-order valence-electron chi connectivity index (χ0n) is 7.75. The molecule has 0 aromatic carbocycles. The van der Waals surface area contributed by atoms with Gasteiger partial charge >= 0.3 is 0 Å². The van der Waals surface area contributed by atoms with E-state index in [1.54, 1.807) is 0 Å². The van der Waals surface area contributed by atoms with Crippen molar-refractivity contribution in [3.63, 3.8) is 0 Å². The molecule has 0 bridgehead atoms. The molecule has 1 heterocycles. The molecule has 1 saturated heterocycles. The summed E-state index contributed by atoms with van der Waals surface area (Å²) in [6, 6.07) is 0. The standard InChI is InChI=1S/C10H18O2/c1-2-8-6-10(8,11)9-4-3-5-12-7-9/h8-9,11H,2-7H2,1H3. The first-order chi connectivity index (χ1) is 5.77. The Balaban J connectivity index is 1.91. The highest BCUT2D eigenvalue weighted by atomic mass is 16.5. The largest absolute Gasteiger partial charge is 0.389 e. The summed E-state index contributed by atoms with van der Waals surface area (Å²) in [6.07, 6.45) is 4.42. The topological polar surface area (TPSA) is 29.5 Å². The van der Waals surface area contributed by atoms with Crippen molar-refractivity contribution in [3.8, 4) is 0 Å². The molecule has 0 amide bonds. The van der Waals surface area contributed by atoms with Crippen molar-refractivity contribution in [1.82, 2.24) is 0 Å². The highest BCUT2D eigenvalue weighted by molar-refractivity contribution is 5.07. The van der Waals surface area contributed by atoms with Crippen LogP contribution in [0, 0.1) is 11.8 Å². The maximum absolute atomic E-state index is 10.1. The van der Waals surface area contributed by atoms with Gasteiger partial charge in [-0.2, -0.15) is 0 Å². The number of rotatable bonds is 2. The summed E-state index contributed by atoms with van der Waals surface area (Å²) in [5.74, 6) is 0.986. The molecule has 1 N–H and O–H groups in total. The normalized spacial score (nSPS) is 47.5. The number of ether oxygens (including phenoxy) is 1. The lowest BCUT2D eigenvalue weighted by molar-refractivity contribution is -0.0301. The van der Waals surface area contributed by atoms with Crippen LogP contribution in [0.3, 0.4) is 0 Å². The zero-order chi connectivity index (χ0) is 8.60. The van der Waals surface area contributed by atoms with Gasteiger partial charge in [0.1, 0.15) is 0 Å². The summed E-state index contributed by atoms with van der Waals surface area (Å²) in [5.41, 5.74) is -0.338. The lowest BCUT2D eigenvalue weighted by Crippen LogP contribution is -2.32. The third-order valence-electron chi connectivity index (χ3n) is 3.48. The van der Waals surface area contributed by atoms with Gasteiger partial charge in [-0.25, -0.2) is 0 Å². The van der Waals surface area contributed by atoms with E-state index in [1.807, 2.05) is 0 Å². The lowest BCUT2D eigenvalue weighted by Gasteiger charge is -2.27. The van der Waals surface area contributed by atoms with Crippen LogP contribution in [0.4, 0.5) is 0 Å². The first kappa shape index (κ1) is 8.52. The smallest absolute Gasteiger partial charge is 0.0730 e. The summed E-state index contributed by atoms with van der Waals surface area (Å²) in [5, 5.41) is 10.1. The van der Waals surface area contributed by atoms with Gasteiger partial charge in [-0.05, 0) is 25.2 Å². The Morgan fingerprint density at radius 3 is 2.92 bits per heavy atom. The highest BCUT2D eigenvalue weighted by Gasteiger charge is 2.56. The molecule has 1 aliphatic carbocycles. The highest BCUT2D eigenvalue weighted by Crippen LogP contribution is 2.52. The van der Waals surface area contributed by atoms with E-state index in [-0.39, 0.29) is 5.60 Å². The molecular weight excluding hydrogens is 152 g/mol. The fraction of sp³-hybridized carbons (Fsp3) is 1.00. The molecule has 3 atom stereocenters. The van der Waals surface area contributed by atoms with E-state index in [0.29, 0.717) is 11.8 Å². The Kier molecular flexibility index (Phi) is 2.13. The molecular formula is C10H18O2. The van der Waals surface area contributed by atoms with Gasteiger partial charge in [0.15, 0.2) is 0 Å². The van der Waals surface area contributed by atoms with E-state index < -0.39 is 0 Å². The summed E-state index contributed by atoms with van der Waals surface area (Å²) in [6.45, 7) is 3.84. The van der Waals surface area contributed by atoms with E-state index in [2.05, 4.69) is 6.92 Å². The molecule has 0 radical (unpaired) electrons. The van der Waals surface area contributed by atoms with Crippen LogP contribution in [0.5, 0.6) is 0 Å². The van der Waals surface area contributed by atoms with Crippen LogP contribution in [0.1, 0.15) is 32.6 Å². The van der Waals surface area contributed by atoms with Crippen LogP contribution in [-0.4, -0.2) is 23.9 Å². The first-order valence-corrected chi connectivity index (χ1v) is 5.07. The second-order valence-corrected chi connectivity index (χ2v) is 4.21. The number of hydrogen-bond donors (Lipinski definition) is 1. The molecule has 0 aromatic rings. The van der Waals surface area contributed by atoms with Crippen molar-refractivity contribution < 1.29 is 9.84 Å². The van der Waals surface area contributed by atoms with E-state index in [1.165, 1.54) is 0 Å². The fourth-order valence-corrected chi connectivity index (χ4v) is 2.47. The van der Waals surface area contributed by atoms with Gasteiger partial charge < -0.3 is 9.84 Å². The molecule has 1 aliphatic heterocycles. The van der Waals surface area contributed by atoms with E-state index in [4.69, 9.17) is 4.74 Å². The maximum atomic E-state index is 10.1. The van der Waals surface area contributed by atoms with Crippen molar-refractivity contribution >= 4 is 0 Å². The van der Waals surface area contributed by atoms with Gasteiger partial charge in [-0.1, -0.05) is 13.3 Å². The van der Waals surface area contributed by atoms with Gasteiger partial charge in [0.05, 0.1) is 12.2 Å². The number of hydrogen-bond acceptors (Lipinski definition) is 2. The molecule has 70 valence electrons. The van der Waals surface area contributed by atoms with Gasteiger partial charge in [-0.15, -0.1) is 0 Å². The average Bonchev–Trinajstić information content (AvgIpc) is 2.81. The predicted octanol–water partition coefficient (Wildman–Crippen LogP) is 1.57. The minimum Gasteiger partial charge on any atom is -0.389 e. The van der Waals surface area contributed by atoms with Crippen LogP contribution < -0.4 is 0 Å². The Labute approximate surface area is 73.9 Å². The molecule has 2 nitrogen and oxygen atoms in total. The molecule has 2 heteroatoms. The quantitative estimate of drug-likeness (QED) is 0.681. The molecule has 2 fully saturated rings. The van der Waals surface area contributed by atoms with Crippen molar-refractivity contribution in [2.24, 2.45) is 11.8 Å². The van der Waals surface area contributed by atoms with Crippen LogP contribution in [-0.2, 0) is 4.74 Å². The van der Waals surface area contributed by atoms with Crippen molar-refractivity contribution in [2.75, 3.05) is 13.2 Å². The third kappa shape index (κ3) is 1.27. The maximum Gasteiger partial charge on any atom is 0.0730 e. The summed E-state index contributed by atoms with van der Waals surface area (Å²) in [4.78, 5) is 0. The Bertz CT molecular complexity index is 163. The minimum absolute atomic E-state index is 0.338. The van der Waals surface area contributed by atoms with Crippen molar-refractivity contribution in [1.29, 1.82) is 0 Å². The van der Waals surface area contributed by atoms with Crippen LogP contribution in [0.25, 0.3) is 0 Å². The summed E-state index contributed by atoms with van der Waals surface area (Å²) < 4.78 is 5.38. The van der Waals surface area contributed by atoms with E-state index in [0.717, 1.165) is 38.9 Å². The molecule has 0 aromatic heterocycles. The van der Waals surface area contributed by atoms with E-state index >= 15 is 0 Å². The molecule has 12 heavy (non-hydrogen) atoms. The van der Waals surface area contributed by atoms with Gasteiger partial charge in [0, 0.05) is 12.5 Å². The van der Waals surface area contributed by atoms with Gasteiger partial charge in [0.25, 0.3) is 0 Å². The van der Waals surface area contributed by atoms with Crippen molar-refractivity contribution in [2.45, 2.75) is 38.2 Å². The van der Waals surface area contributed by atoms with Gasteiger partial charge in [-0.3, -0.25) is 0 Å². The van der Waals surface area contributed by atoms with Gasteiger partial charge in [0.2, 0.25) is 0 Å². The monoisotopic (exact) mass is 170 g/mol. The fourth-order valence-electron chi connectivity index (χ4n) is 2.47. The Morgan fingerprint density at radius 1 is 1.58 bits per heavy atom. The molecule has 1 saturated carbocycles. The second-order valence-electron chi connectivity index (χ2n) is 4.21. The molecule has 3 unspecified atom stereocenters. The molecule has 2 rings (SSSR count). The predicted molar refractivity (Wildman–Crippen MR) is 46.9 cm³/mol. The number of aliphatic hydroxyl groups is 1. The van der Waals surface area contributed by atoms with Crippen molar-refractivity contribution in [3.05, 3.63) is 0 Å². The molecule has 0 spiro atoms. The summed E-state index contributed by atoms with van der Waals surface area (Å²) in [7, 11) is 0. The van der Waals surface area contributed by atoms with Crippen LogP contribution in [0.2, 0.25) is 0 Å². The van der Waals surface area contributed by atoms with Crippen LogP contribution in [0.15, 0.2) is 0 Å². The lowest BCUT2D eigenvalue weighted by atomic mass is 9.92.